The van der Waals surface area contributed by atoms with Gasteiger partial charge in [-0.25, -0.2) is 4.79 Å². The maximum Gasteiger partial charge on any atom is 0.417 e. The summed E-state index contributed by atoms with van der Waals surface area (Å²) in [5.41, 5.74) is -0.480. The summed E-state index contributed by atoms with van der Waals surface area (Å²) >= 11 is 0. The number of Topliss-reactive ketones (excluding diaryl/α,β-unsaturated/α-hetero) is 4. The van der Waals surface area contributed by atoms with Crippen molar-refractivity contribution in [2.45, 2.75) is 38.3 Å². The normalized spacial score (nSPS) is 31.1. The number of phenolic OH excluding ortho intramolecular Hbond substituents is 1. The van der Waals surface area contributed by atoms with E-state index in [1.807, 2.05) is 0 Å². The van der Waals surface area contributed by atoms with Crippen molar-refractivity contribution in [3.05, 3.63) is 47.5 Å². The lowest BCUT2D eigenvalue weighted by Gasteiger charge is -2.61. The molecule has 5 rings (SSSR count). The molecule has 0 aliphatic heterocycles. The first-order valence-electron chi connectivity index (χ1n) is 13.8. The van der Waals surface area contributed by atoms with Crippen LogP contribution in [0.3, 0.4) is 0 Å². The van der Waals surface area contributed by atoms with Crippen molar-refractivity contribution in [2.24, 2.45) is 28.4 Å². The van der Waals surface area contributed by atoms with Crippen molar-refractivity contribution < 1.29 is 48.5 Å². The summed E-state index contributed by atoms with van der Waals surface area (Å²) in [4.78, 5) is 81.7. The standard InChI is InChI=1S/C31H33N3O10/c1-29-12-14-6-11-17(33-28(41)44-16-9-7-15(43-5)8-10-16)21(35)18(14)22(36)20(29)26(39)31(42)25(38)19(27(32)40)23(37)24(34(3)4)30(31,2)13-29/h6-11,19-20,24,35,42H,12-13H2,1-5H3,(H2,32,40)(H,33,41)/t19?,20?,24-,29+,30+,31-/m1/s1. The number of likely N-dealkylation sites (N-methyl/N-ethyl adjacent to an activating group) is 1. The van der Waals surface area contributed by atoms with Crippen molar-refractivity contribution in [3.63, 3.8) is 0 Å². The minimum Gasteiger partial charge on any atom is -0.505 e. The number of aliphatic hydroxyl groups is 1. The molecule has 2 aromatic rings. The molecule has 0 bridgehead atoms. The third-order valence-corrected chi connectivity index (χ3v) is 9.36. The number of carbonyl (C=O) groups is 6. The van der Waals surface area contributed by atoms with Crippen LogP contribution in [-0.2, 0) is 25.6 Å². The average molecular weight is 608 g/mol. The summed E-state index contributed by atoms with van der Waals surface area (Å²) < 4.78 is 10.3. The molecule has 44 heavy (non-hydrogen) atoms. The number of hydrogen-bond donors (Lipinski definition) is 4. The van der Waals surface area contributed by atoms with Crippen LogP contribution in [0.5, 0.6) is 17.2 Å². The molecule has 0 radical (unpaired) electrons. The van der Waals surface area contributed by atoms with E-state index in [4.69, 9.17) is 15.2 Å². The van der Waals surface area contributed by atoms with Crippen LogP contribution in [-0.4, -0.2) is 83.1 Å². The Labute approximate surface area is 252 Å². The van der Waals surface area contributed by atoms with Gasteiger partial charge in [0.25, 0.3) is 0 Å². The van der Waals surface area contributed by atoms with Gasteiger partial charge in [0.2, 0.25) is 5.91 Å². The molecule has 0 aromatic heterocycles. The van der Waals surface area contributed by atoms with Crippen molar-refractivity contribution in [1.82, 2.24) is 4.90 Å². The summed E-state index contributed by atoms with van der Waals surface area (Å²) in [6, 6.07) is 7.80. The molecular weight excluding hydrogens is 574 g/mol. The second kappa shape index (κ2) is 10.2. The van der Waals surface area contributed by atoms with Crippen LogP contribution in [0, 0.1) is 22.7 Å². The van der Waals surface area contributed by atoms with Crippen LogP contribution in [0.15, 0.2) is 36.4 Å². The van der Waals surface area contributed by atoms with Crippen LogP contribution >= 0.6 is 0 Å². The number of amides is 2. The quantitative estimate of drug-likeness (QED) is 0.281. The van der Waals surface area contributed by atoms with Crippen LogP contribution in [0.1, 0.15) is 36.2 Å². The first kappa shape index (κ1) is 30.8. The van der Waals surface area contributed by atoms with E-state index in [9.17, 15) is 39.0 Å². The lowest BCUT2D eigenvalue weighted by atomic mass is 9.42. The van der Waals surface area contributed by atoms with Crippen molar-refractivity contribution in [1.29, 1.82) is 0 Å². The van der Waals surface area contributed by atoms with E-state index in [2.05, 4.69) is 5.32 Å². The summed E-state index contributed by atoms with van der Waals surface area (Å²) in [5, 5.41) is 25.5. The molecule has 3 aliphatic rings. The first-order valence-corrected chi connectivity index (χ1v) is 13.8. The van der Waals surface area contributed by atoms with Crippen LogP contribution in [0.4, 0.5) is 10.5 Å². The van der Waals surface area contributed by atoms with Gasteiger partial charge in [0.05, 0.1) is 30.3 Å². The molecule has 5 N–H and O–H groups in total. The van der Waals surface area contributed by atoms with Crippen LogP contribution in [0.25, 0.3) is 0 Å². The first-order chi connectivity index (χ1) is 20.5. The maximum atomic E-state index is 14.3. The lowest BCUT2D eigenvalue weighted by molar-refractivity contribution is -0.203. The number of ether oxygens (including phenoxy) is 2. The van der Waals surface area contributed by atoms with Gasteiger partial charge in [-0.1, -0.05) is 19.9 Å². The fraction of sp³-hybridized carbons (Fsp3) is 0.419. The number of methoxy groups -OCH3 is 1. The monoisotopic (exact) mass is 607 g/mol. The molecule has 6 atom stereocenters. The SMILES string of the molecule is COc1ccc(OC(=O)Nc2ccc3c(c2O)C(=O)C2C(=O)[C@]4(O)C(=O)C(C(N)=O)C(=O)[C@@H](N(C)C)[C@]4(C)C[C@]2(C)C3)cc1. The van der Waals surface area contributed by atoms with E-state index in [0.717, 1.165) is 0 Å². The number of aromatic hydroxyl groups is 1. The van der Waals surface area contributed by atoms with Crippen LogP contribution < -0.4 is 20.5 Å². The number of hydrogen-bond acceptors (Lipinski definition) is 11. The number of fused-ring (bicyclic) bond motifs is 3. The molecule has 2 amide bonds. The number of rotatable bonds is 5. The van der Waals surface area contributed by atoms with E-state index in [1.54, 1.807) is 19.1 Å². The van der Waals surface area contributed by atoms with Gasteiger partial charge in [0, 0.05) is 5.41 Å². The third-order valence-electron chi connectivity index (χ3n) is 9.36. The zero-order chi connectivity index (χ0) is 32.5. The number of nitrogens with two attached hydrogens (primary N) is 1. The maximum absolute atomic E-state index is 14.3. The number of carbonyl (C=O) groups excluding carboxylic acids is 6. The minimum absolute atomic E-state index is 0.0576. The van der Waals surface area contributed by atoms with Gasteiger partial charge in [-0.3, -0.25) is 34.2 Å². The number of benzene rings is 2. The van der Waals surface area contributed by atoms with Crippen LogP contribution in [0.2, 0.25) is 0 Å². The molecule has 2 fully saturated rings. The molecule has 3 aliphatic carbocycles. The Kier molecular flexibility index (Phi) is 7.17. The molecule has 0 saturated heterocycles. The number of primary amides is 1. The van der Waals surface area contributed by atoms with Gasteiger partial charge in [-0.05, 0) is 68.2 Å². The summed E-state index contributed by atoms with van der Waals surface area (Å²) in [7, 11) is 4.53. The Bertz CT molecular complexity index is 1640. The molecule has 2 aromatic carbocycles. The van der Waals surface area contributed by atoms with Gasteiger partial charge in [-0.15, -0.1) is 0 Å². The molecule has 13 nitrogen and oxygen atoms in total. The minimum atomic E-state index is -2.90. The fourth-order valence-corrected chi connectivity index (χ4v) is 7.70. The van der Waals surface area contributed by atoms with Crippen molar-refractivity contribution in [3.8, 4) is 17.2 Å². The third kappa shape index (κ3) is 4.21. The highest BCUT2D eigenvalue weighted by Crippen LogP contribution is 2.61. The molecule has 0 spiro atoms. The van der Waals surface area contributed by atoms with Gasteiger partial charge < -0.3 is 25.4 Å². The Balaban J connectivity index is 1.53. The van der Waals surface area contributed by atoms with E-state index in [0.29, 0.717) is 11.3 Å². The molecule has 232 valence electrons. The van der Waals surface area contributed by atoms with Gasteiger partial charge in [0.1, 0.15) is 17.2 Å². The fourth-order valence-electron chi connectivity index (χ4n) is 7.70. The molecule has 2 unspecified atom stereocenters. The lowest BCUT2D eigenvalue weighted by Crippen LogP contribution is -2.79. The number of ketones is 4. The van der Waals surface area contributed by atoms with Crippen molar-refractivity contribution >= 4 is 40.8 Å². The average Bonchev–Trinajstić information content (AvgIpc) is 2.92. The van der Waals surface area contributed by atoms with E-state index < -0.39 is 75.2 Å². The van der Waals surface area contributed by atoms with Gasteiger partial charge in [0.15, 0.2) is 34.7 Å². The Morgan fingerprint density at radius 2 is 1.61 bits per heavy atom. The number of phenols is 1. The second-order valence-corrected chi connectivity index (χ2v) is 12.5. The number of nitrogens with one attached hydrogen (secondary N) is 1. The topological polar surface area (TPSA) is 203 Å². The van der Waals surface area contributed by atoms with Crippen molar-refractivity contribution in [2.75, 3.05) is 26.5 Å². The van der Waals surface area contributed by atoms with Gasteiger partial charge in [-0.2, -0.15) is 0 Å². The van der Waals surface area contributed by atoms with Gasteiger partial charge >= 0.3 is 6.09 Å². The zero-order valence-electron chi connectivity index (χ0n) is 24.8. The zero-order valence-corrected chi connectivity index (χ0v) is 24.8. The molecule has 0 heterocycles. The largest absolute Gasteiger partial charge is 0.505 e. The summed E-state index contributed by atoms with van der Waals surface area (Å²) in [6.07, 6.45) is -1.04. The van der Waals surface area contributed by atoms with E-state index in [-0.39, 0.29) is 29.8 Å². The smallest absolute Gasteiger partial charge is 0.417 e. The predicted molar refractivity (Wildman–Crippen MR) is 153 cm³/mol. The Morgan fingerprint density at radius 3 is 2.18 bits per heavy atom. The highest BCUT2D eigenvalue weighted by Gasteiger charge is 2.76. The molecule has 13 heteroatoms. The Hall–Kier alpha value is -4.62. The summed E-state index contributed by atoms with van der Waals surface area (Å²) in [6.45, 7) is 3.08. The highest BCUT2D eigenvalue weighted by molar-refractivity contribution is 6.33. The molecular formula is C31H33N3O10. The molecule has 2 saturated carbocycles. The number of anilines is 1. The second-order valence-electron chi connectivity index (χ2n) is 12.5. The summed E-state index contributed by atoms with van der Waals surface area (Å²) in [5.74, 6) is -9.14. The Morgan fingerprint density at radius 1 is 1.00 bits per heavy atom. The van der Waals surface area contributed by atoms with E-state index in [1.165, 1.54) is 57.3 Å². The van der Waals surface area contributed by atoms with E-state index >= 15 is 0 Å². The predicted octanol–water partition coefficient (Wildman–Crippen LogP) is 1.27. The highest BCUT2D eigenvalue weighted by atomic mass is 16.6. The number of nitrogens with zero attached hydrogens (tertiary/aromatic N) is 1.